The Kier molecular flexibility index (Phi) is 2.39. The topological polar surface area (TPSA) is 29.5 Å². The van der Waals surface area contributed by atoms with Gasteiger partial charge in [-0.1, -0.05) is 22.5 Å². The lowest BCUT2D eigenvalue weighted by atomic mass is 10.1. The standard InChI is InChI=1S/C8H9BrO2/c1-5-3-6(10)4-7(9)8(5)11-2/h3,10H,1,4H2,2H3. The molecule has 11 heavy (non-hydrogen) atoms. The number of methoxy groups -OCH3 is 1. The smallest absolute Gasteiger partial charge is 0.136 e. The van der Waals surface area contributed by atoms with Gasteiger partial charge in [0.15, 0.2) is 0 Å². The zero-order valence-corrected chi connectivity index (χ0v) is 7.81. The summed E-state index contributed by atoms with van der Waals surface area (Å²) in [4.78, 5) is 0. The molecule has 0 spiro atoms. The number of allylic oxidation sites excluding steroid dienone is 2. The average Bonchev–Trinajstić information content (AvgIpc) is 1.85. The van der Waals surface area contributed by atoms with E-state index in [0.29, 0.717) is 23.5 Å². The summed E-state index contributed by atoms with van der Waals surface area (Å²) in [6.07, 6.45) is 2.09. The quantitative estimate of drug-likeness (QED) is 0.731. The van der Waals surface area contributed by atoms with Crippen LogP contribution in [0.1, 0.15) is 6.42 Å². The molecule has 60 valence electrons. The summed E-state index contributed by atoms with van der Waals surface area (Å²) in [5.74, 6) is 1.02. The zero-order chi connectivity index (χ0) is 8.43. The van der Waals surface area contributed by atoms with E-state index in [1.165, 1.54) is 0 Å². The number of rotatable bonds is 1. The Hall–Kier alpha value is -0.700. The maximum Gasteiger partial charge on any atom is 0.136 e. The van der Waals surface area contributed by atoms with Gasteiger partial charge in [0.05, 0.1) is 12.9 Å². The third-order valence-corrected chi connectivity index (χ3v) is 2.06. The summed E-state index contributed by atoms with van der Waals surface area (Å²) in [5, 5.41) is 9.14. The Morgan fingerprint density at radius 2 is 2.36 bits per heavy atom. The molecule has 0 radical (unpaired) electrons. The van der Waals surface area contributed by atoms with Crippen LogP contribution in [0.15, 0.2) is 34.2 Å². The van der Waals surface area contributed by atoms with Gasteiger partial charge in [-0.3, -0.25) is 0 Å². The van der Waals surface area contributed by atoms with Gasteiger partial charge in [-0.2, -0.15) is 0 Å². The van der Waals surface area contributed by atoms with Gasteiger partial charge in [0, 0.05) is 16.5 Å². The number of hydrogen-bond donors (Lipinski definition) is 1. The lowest BCUT2D eigenvalue weighted by molar-refractivity contribution is 0.294. The van der Waals surface area contributed by atoms with Crippen molar-refractivity contribution >= 4 is 15.9 Å². The Morgan fingerprint density at radius 1 is 1.73 bits per heavy atom. The van der Waals surface area contributed by atoms with Crippen molar-refractivity contribution in [2.75, 3.05) is 7.11 Å². The number of aliphatic hydroxyl groups excluding tert-OH is 1. The van der Waals surface area contributed by atoms with Crippen LogP contribution in [0.4, 0.5) is 0 Å². The molecule has 0 atom stereocenters. The highest BCUT2D eigenvalue weighted by Gasteiger charge is 2.14. The molecular formula is C8H9BrO2. The number of aliphatic hydroxyl groups is 1. The van der Waals surface area contributed by atoms with E-state index in [-0.39, 0.29) is 0 Å². The number of hydrogen-bond acceptors (Lipinski definition) is 2. The van der Waals surface area contributed by atoms with Gasteiger partial charge in [-0.15, -0.1) is 0 Å². The van der Waals surface area contributed by atoms with E-state index >= 15 is 0 Å². The van der Waals surface area contributed by atoms with Gasteiger partial charge in [0.1, 0.15) is 5.76 Å². The lowest BCUT2D eigenvalue weighted by Crippen LogP contribution is -1.99. The van der Waals surface area contributed by atoms with E-state index in [1.807, 2.05) is 0 Å². The van der Waals surface area contributed by atoms with E-state index in [2.05, 4.69) is 22.5 Å². The van der Waals surface area contributed by atoms with Gasteiger partial charge >= 0.3 is 0 Å². The molecule has 1 rings (SSSR count). The second kappa shape index (κ2) is 3.13. The maximum atomic E-state index is 9.14. The number of halogens is 1. The fourth-order valence-electron chi connectivity index (χ4n) is 0.973. The Morgan fingerprint density at radius 3 is 2.82 bits per heavy atom. The Bertz CT molecular complexity index is 251. The van der Waals surface area contributed by atoms with Crippen LogP contribution in [0.3, 0.4) is 0 Å². The molecule has 2 nitrogen and oxygen atoms in total. The first-order chi connectivity index (χ1) is 5.15. The van der Waals surface area contributed by atoms with E-state index in [1.54, 1.807) is 13.2 Å². The molecule has 0 saturated carbocycles. The van der Waals surface area contributed by atoms with Crippen molar-refractivity contribution in [3.63, 3.8) is 0 Å². The second-order valence-electron chi connectivity index (χ2n) is 2.28. The molecule has 0 fully saturated rings. The predicted octanol–water partition coefficient (Wildman–Crippen LogP) is 2.64. The molecule has 0 aromatic carbocycles. The summed E-state index contributed by atoms with van der Waals surface area (Å²) < 4.78 is 5.88. The van der Waals surface area contributed by atoms with E-state index < -0.39 is 0 Å². The minimum Gasteiger partial charge on any atom is -0.512 e. The minimum atomic E-state index is 0.308. The van der Waals surface area contributed by atoms with Crippen molar-refractivity contribution in [2.45, 2.75) is 6.42 Å². The molecule has 1 aliphatic carbocycles. The molecule has 0 aromatic heterocycles. The maximum absolute atomic E-state index is 9.14. The minimum absolute atomic E-state index is 0.308. The van der Waals surface area contributed by atoms with Gasteiger partial charge in [-0.25, -0.2) is 0 Å². The summed E-state index contributed by atoms with van der Waals surface area (Å²) in [6.45, 7) is 3.72. The van der Waals surface area contributed by atoms with Crippen molar-refractivity contribution in [3.8, 4) is 0 Å². The highest BCUT2D eigenvalue weighted by molar-refractivity contribution is 9.11. The van der Waals surface area contributed by atoms with Crippen molar-refractivity contribution in [2.24, 2.45) is 0 Å². The SMILES string of the molecule is C=C1C=C(O)CC(Br)=C1OC. The van der Waals surface area contributed by atoms with Crippen LogP contribution in [-0.4, -0.2) is 12.2 Å². The van der Waals surface area contributed by atoms with Crippen LogP contribution < -0.4 is 0 Å². The normalized spacial score (nSPS) is 18.4. The van der Waals surface area contributed by atoms with E-state index in [9.17, 15) is 0 Å². The van der Waals surface area contributed by atoms with Crippen LogP contribution in [0.5, 0.6) is 0 Å². The highest BCUT2D eigenvalue weighted by atomic mass is 79.9. The molecule has 0 amide bonds. The summed E-state index contributed by atoms with van der Waals surface area (Å²) in [5.41, 5.74) is 0.697. The Labute approximate surface area is 74.0 Å². The van der Waals surface area contributed by atoms with Crippen LogP contribution in [-0.2, 0) is 4.74 Å². The fraction of sp³-hybridized carbons (Fsp3) is 0.250. The van der Waals surface area contributed by atoms with Crippen LogP contribution in [0.2, 0.25) is 0 Å². The van der Waals surface area contributed by atoms with Crippen LogP contribution in [0, 0.1) is 0 Å². The van der Waals surface area contributed by atoms with Crippen molar-refractivity contribution in [1.82, 2.24) is 0 Å². The highest BCUT2D eigenvalue weighted by Crippen LogP contribution is 2.30. The third kappa shape index (κ3) is 1.66. The summed E-state index contributed by atoms with van der Waals surface area (Å²) in [6, 6.07) is 0. The molecule has 1 N–H and O–H groups in total. The summed E-state index contributed by atoms with van der Waals surface area (Å²) >= 11 is 3.29. The van der Waals surface area contributed by atoms with Crippen molar-refractivity contribution < 1.29 is 9.84 Å². The molecular weight excluding hydrogens is 208 g/mol. The van der Waals surface area contributed by atoms with E-state index in [0.717, 1.165) is 4.48 Å². The molecule has 3 heteroatoms. The molecule has 0 aliphatic heterocycles. The fourth-order valence-corrected chi connectivity index (χ4v) is 1.68. The molecule has 0 bridgehead atoms. The molecule has 0 aromatic rings. The van der Waals surface area contributed by atoms with Crippen LogP contribution in [0.25, 0.3) is 0 Å². The Balaban J connectivity index is 2.94. The van der Waals surface area contributed by atoms with Crippen molar-refractivity contribution in [3.05, 3.63) is 34.2 Å². The molecule has 0 saturated heterocycles. The van der Waals surface area contributed by atoms with Crippen LogP contribution >= 0.6 is 15.9 Å². The average molecular weight is 217 g/mol. The van der Waals surface area contributed by atoms with Gasteiger partial charge in [0.2, 0.25) is 0 Å². The monoisotopic (exact) mass is 216 g/mol. The zero-order valence-electron chi connectivity index (χ0n) is 6.22. The van der Waals surface area contributed by atoms with E-state index in [4.69, 9.17) is 9.84 Å². The lowest BCUT2D eigenvalue weighted by Gasteiger charge is -2.14. The van der Waals surface area contributed by atoms with Gasteiger partial charge < -0.3 is 9.84 Å². The first-order valence-electron chi connectivity index (χ1n) is 3.16. The van der Waals surface area contributed by atoms with Gasteiger partial charge in [0.25, 0.3) is 0 Å². The molecule has 0 heterocycles. The second-order valence-corrected chi connectivity index (χ2v) is 3.23. The largest absolute Gasteiger partial charge is 0.512 e. The third-order valence-electron chi connectivity index (χ3n) is 1.42. The summed E-state index contributed by atoms with van der Waals surface area (Å²) in [7, 11) is 1.58. The molecule has 1 aliphatic rings. The first-order valence-corrected chi connectivity index (χ1v) is 3.96. The van der Waals surface area contributed by atoms with Crippen molar-refractivity contribution in [1.29, 1.82) is 0 Å². The predicted molar refractivity (Wildman–Crippen MR) is 47.4 cm³/mol. The first kappa shape index (κ1) is 8.40. The number of ether oxygens (including phenoxy) is 1. The van der Waals surface area contributed by atoms with Gasteiger partial charge in [-0.05, 0) is 6.08 Å². The molecule has 0 unspecified atom stereocenters.